The van der Waals surface area contributed by atoms with Crippen LogP contribution in [-0.2, 0) is 12.8 Å². The van der Waals surface area contributed by atoms with Crippen LogP contribution in [0.1, 0.15) is 22.3 Å². The predicted molar refractivity (Wildman–Crippen MR) is 130 cm³/mol. The van der Waals surface area contributed by atoms with Crippen LogP contribution in [0.5, 0.6) is 0 Å². The van der Waals surface area contributed by atoms with Gasteiger partial charge < -0.3 is 10.2 Å². The molecule has 2 aliphatic carbocycles. The number of furan rings is 1. The van der Waals surface area contributed by atoms with Crippen LogP contribution in [0, 0.1) is 0 Å². The summed E-state index contributed by atoms with van der Waals surface area (Å²) in [4.78, 5) is 0. The summed E-state index contributed by atoms with van der Waals surface area (Å²) < 4.78 is 5.86. The third-order valence-corrected chi connectivity index (χ3v) is 7.08. The average molecular weight is 412 g/mol. The molecule has 0 amide bonds. The van der Waals surface area contributed by atoms with E-state index in [4.69, 9.17) is 10.2 Å². The van der Waals surface area contributed by atoms with Crippen LogP contribution >= 0.6 is 0 Å². The Labute approximate surface area is 187 Å². The SMILES string of the molecule is Nc1c(-c2c(-c3ccco3)ccc3c2Cc2ccccc2-3)ccc2c1Cc1ccccc1-2. The topological polar surface area (TPSA) is 39.2 Å². The fourth-order valence-electron chi connectivity index (χ4n) is 5.61. The van der Waals surface area contributed by atoms with Gasteiger partial charge in [-0.15, -0.1) is 0 Å². The van der Waals surface area contributed by atoms with Crippen LogP contribution in [0.25, 0.3) is 44.7 Å². The van der Waals surface area contributed by atoms with Gasteiger partial charge in [-0.3, -0.25) is 0 Å². The first-order valence-electron chi connectivity index (χ1n) is 11.1. The van der Waals surface area contributed by atoms with Gasteiger partial charge in [-0.25, -0.2) is 0 Å². The molecule has 2 heteroatoms. The summed E-state index contributed by atoms with van der Waals surface area (Å²) in [5.74, 6) is 0.877. The smallest absolute Gasteiger partial charge is 0.134 e. The Bertz CT molecular complexity index is 1530. The largest absolute Gasteiger partial charge is 0.464 e. The predicted octanol–water partition coefficient (Wildman–Crippen LogP) is 7.34. The molecule has 0 radical (unpaired) electrons. The van der Waals surface area contributed by atoms with E-state index < -0.39 is 0 Å². The highest BCUT2D eigenvalue weighted by Crippen LogP contribution is 2.50. The van der Waals surface area contributed by atoms with Crippen molar-refractivity contribution in [1.82, 2.24) is 0 Å². The van der Waals surface area contributed by atoms with Gasteiger partial charge in [0.2, 0.25) is 0 Å². The molecular formula is C30H21NO. The summed E-state index contributed by atoms with van der Waals surface area (Å²) in [7, 11) is 0. The van der Waals surface area contributed by atoms with Crippen molar-refractivity contribution < 1.29 is 4.42 Å². The minimum absolute atomic E-state index is 0.877. The lowest BCUT2D eigenvalue weighted by Gasteiger charge is -2.18. The Hall–Kier alpha value is -4.04. The van der Waals surface area contributed by atoms with Crippen molar-refractivity contribution in [2.75, 3.05) is 5.73 Å². The van der Waals surface area contributed by atoms with Gasteiger partial charge in [0.1, 0.15) is 5.76 Å². The Morgan fingerprint density at radius 1 is 0.531 bits per heavy atom. The average Bonchev–Trinajstić information content (AvgIpc) is 3.56. The van der Waals surface area contributed by atoms with Crippen LogP contribution in [0.15, 0.2) is 95.6 Å². The van der Waals surface area contributed by atoms with Crippen LogP contribution in [-0.4, -0.2) is 0 Å². The molecular weight excluding hydrogens is 390 g/mol. The van der Waals surface area contributed by atoms with Crippen molar-refractivity contribution in [1.29, 1.82) is 0 Å². The third kappa shape index (κ3) is 2.35. The van der Waals surface area contributed by atoms with E-state index >= 15 is 0 Å². The quantitative estimate of drug-likeness (QED) is 0.302. The molecule has 0 spiro atoms. The molecule has 0 fully saturated rings. The summed E-state index contributed by atoms with van der Waals surface area (Å²) >= 11 is 0. The Morgan fingerprint density at radius 2 is 1.12 bits per heavy atom. The molecule has 0 atom stereocenters. The monoisotopic (exact) mass is 411 g/mol. The second-order valence-corrected chi connectivity index (χ2v) is 8.71. The van der Waals surface area contributed by atoms with E-state index in [-0.39, 0.29) is 0 Å². The number of hydrogen-bond donors (Lipinski definition) is 1. The highest BCUT2D eigenvalue weighted by molar-refractivity contribution is 5.98. The minimum Gasteiger partial charge on any atom is -0.464 e. The highest BCUT2D eigenvalue weighted by atomic mass is 16.3. The lowest BCUT2D eigenvalue weighted by molar-refractivity contribution is 0.582. The van der Waals surface area contributed by atoms with Crippen LogP contribution in [0.3, 0.4) is 0 Å². The van der Waals surface area contributed by atoms with Crippen LogP contribution in [0.4, 0.5) is 5.69 Å². The first-order valence-corrected chi connectivity index (χ1v) is 11.1. The van der Waals surface area contributed by atoms with Crippen molar-refractivity contribution in [2.24, 2.45) is 0 Å². The van der Waals surface area contributed by atoms with Gasteiger partial charge in [0, 0.05) is 23.2 Å². The zero-order valence-corrected chi connectivity index (χ0v) is 17.6. The van der Waals surface area contributed by atoms with E-state index in [1.54, 1.807) is 6.26 Å². The number of benzene rings is 4. The molecule has 2 nitrogen and oxygen atoms in total. The van der Waals surface area contributed by atoms with Crippen molar-refractivity contribution in [2.45, 2.75) is 12.8 Å². The summed E-state index contributed by atoms with van der Waals surface area (Å²) in [5, 5.41) is 0. The molecule has 4 aromatic carbocycles. The lowest BCUT2D eigenvalue weighted by atomic mass is 9.87. The Morgan fingerprint density at radius 3 is 1.81 bits per heavy atom. The van der Waals surface area contributed by atoms with Gasteiger partial charge in [0.25, 0.3) is 0 Å². The van der Waals surface area contributed by atoms with E-state index in [1.165, 1.54) is 50.1 Å². The molecule has 152 valence electrons. The molecule has 1 heterocycles. The van der Waals surface area contributed by atoms with Gasteiger partial charge >= 0.3 is 0 Å². The van der Waals surface area contributed by atoms with E-state index in [0.29, 0.717) is 0 Å². The molecule has 2 N–H and O–H groups in total. The van der Waals surface area contributed by atoms with Gasteiger partial charge in [0.05, 0.1) is 6.26 Å². The second kappa shape index (κ2) is 6.48. The Kier molecular flexibility index (Phi) is 3.57. The van der Waals surface area contributed by atoms with Gasteiger partial charge in [-0.1, -0.05) is 66.7 Å². The van der Waals surface area contributed by atoms with E-state index in [2.05, 4.69) is 72.8 Å². The van der Waals surface area contributed by atoms with Gasteiger partial charge in [0.15, 0.2) is 0 Å². The summed E-state index contributed by atoms with van der Waals surface area (Å²) in [6.45, 7) is 0. The number of nitrogens with two attached hydrogens (primary N) is 1. The molecule has 0 bridgehead atoms. The summed E-state index contributed by atoms with van der Waals surface area (Å²) in [6.07, 6.45) is 3.53. The highest BCUT2D eigenvalue weighted by Gasteiger charge is 2.28. The molecule has 0 aliphatic heterocycles. The van der Waals surface area contributed by atoms with Crippen LogP contribution in [0.2, 0.25) is 0 Å². The van der Waals surface area contributed by atoms with Crippen molar-refractivity contribution in [3.63, 3.8) is 0 Å². The normalized spacial score (nSPS) is 12.9. The van der Waals surface area contributed by atoms with E-state index in [0.717, 1.165) is 35.4 Å². The zero-order valence-electron chi connectivity index (χ0n) is 17.6. The maximum Gasteiger partial charge on any atom is 0.134 e. The number of anilines is 1. The maximum atomic E-state index is 6.94. The van der Waals surface area contributed by atoms with Crippen molar-refractivity contribution >= 4 is 5.69 Å². The standard InChI is InChI=1S/C30H21NO/c31-30-25(14-12-23-21-9-4-2-7-19(21)17-27(23)30)29-24(28-10-5-15-32-28)13-11-22-20-8-3-1-6-18(20)16-26(22)29/h1-15H,16-17,31H2. The summed E-state index contributed by atoms with van der Waals surface area (Å²) in [6, 6.07) is 30.2. The van der Waals surface area contributed by atoms with Crippen molar-refractivity contribution in [3.05, 3.63) is 113 Å². The Balaban J connectivity index is 1.50. The summed E-state index contributed by atoms with van der Waals surface area (Å²) in [5.41, 5.74) is 21.7. The molecule has 32 heavy (non-hydrogen) atoms. The number of fused-ring (bicyclic) bond motifs is 6. The van der Waals surface area contributed by atoms with Gasteiger partial charge in [-0.05, 0) is 74.7 Å². The number of nitrogen functional groups attached to an aromatic ring is 1. The third-order valence-electron chi connectivity index (χ3n) is 7.08. The number of hydrogen-bond acceptors (Lipinski definition) is 2. The fraction of sp³-hybridized carbons (Fsp3) is 0.0667. The molecule has 1 aromatic heterocycles. The minimum atomic E-state index is 0.877. The number of rotatable bonds is 2. The van der Waals surface area contributed by atoms with Gasteiger partial charge in [-0.2, -0.15) is 0 Å². The molecule has 7 rings (SSSR count). The van der Waals surface area contributed by atoms with Crippen molar-refractivity contribution in [3.8, 4) is 44.7 Å². The maximum absolute atomic E-state index is 6.94. The van der Waals surface area contributed by atoms with E-state index in [9.17, 15) is 0 Å². The molecule has 5 aromatic rings. The second-order valence-electron chi connectivity index (χ2n) is 8.71. The first-order chi connectivity index (χ1) is 15.8. The molecule has 0 saturated carbocycles. The fourth-order valence-corrected chi connectivity index (χ4v) is 5.61. The molecule has 0 saturated heterocycles. The lowest BCUT2D eigenvalue weighted by Crippen LogP contribution is -2.00. The molecule has 0 unspecified atom stereocenters. The zero-order chi connectivity index (χ0) is 21.2. The molecule has 2 aliphatic rings. The first kappa shape index (κ1) is 17.6. The van der Waals surface area contributed by atoms with E-state index in [1.807, 2.05) is 12.1 Å². The van der Waals surface area contributed by atoms with Crippen LogP contribution < -0.4 is 5.73 Å².